The average molecular weight is 501 g/mol. The van der Waals surface area contributed by atoms with Crippen LogP contribution in [0.15, 0.2) is 42.5 Å². The third-order valence-corrected chi connectivity index (χ3v) is 7.49. The first-order valence-electron chi connectivity index (χ1n) is 12.7. The summed E-state index contributed by atoms with van der Waals surface area (Å²) in [6.07, 6.45) is 1.16. The summed E-state index contributed by atoms with van der Waals surface area (Å²) in [4.78, 5) is 19.9. The normalized spacial score (nSPS) is 21.0. The van der Waals surface area contributed by atoms with Crippen molar-refractivity contribution in [1.82, 2.24) is 15.1 Å². The number of hydrogen-bond acceptors (Lipinski definition) is 4. The number of amides is 1. The molecule has 0 radical (unpaired) electrons. The summed E-state index contributed by atoms with van der Waals surface area (Å²) in [5.74, 6) is -0.212. The number of carbonyl (C=O) groups excluding carboxylic acids is 1. The third kappa shape index (κ3) is 5.99. The largest absolute Gasteiger partial charge is 0.365 e. The van der Waals surface area contributed by atoms with Crippen molar-refractivity contribution in [2.45, 2.75) is 46.2 Å². The summed E-state index contributed by atoms with van der Waals surface area (Å²) in [7, 11) is 0. The Morgan fingerprint density at radius 1 is 1.06 bits per heavy atom. The lowest BCUT2D eigenvalue weighted by atomic mass is 9.91. The molecule has 5 nitrogen and oxygen atoms in total. The van der Waals surface area contributed by atoms with Gasteiger partial charge in [-0.05, 0) is 55.8 Å². The first-order chi connectivity index (χ1) is 16.6. The van der Waals surface area contributed by atoms with Crippen molar-refractivity contribution in [1.29, 1.82) is 0 Å². The molecule has 190 valence electrons. The Bertz CT molecular complexity index is 1010. The predicted molar refractivity (Wildman–Crippen MR) is 141 cm³/mol. The number of nitrogens with zero attached hydrogens (tertiary/aromatic N) is 3. The number of rotatable bonds is 4. The monoisotopic (exact) mass is 500 g/mol. The second-order valence-electron chi connectivity index (χ2n) is 10.8. The van der Waals surface area contributed by atoms with Crippen molar-refractivity contribution < 1.29 is 9.18 Å². The zero-order valence-corrected chi connectivity index (χ0v) is 22.1. The van der Waals surface area contributed by atoms with E-state index < -0.39 is 5.41 Å². The predicted octanol–water partition coefficient (Wildman–Crippen LogP) is 5.27. The highest BCUT2D eigenvalue weighted by molar-refractivity contribution is 6.30. The number of halogens is 2. The van der Waals surface area contributed by atoms with E-state index >= 15 is 0 Å². The lowest BCUT2D eigenvalue weighted by molar-refractivity contribution is -0.142. The summed E-state index contributed by atoms with van der Waals surface area (Å²) >= 11 is 5.98. The standard InChI is InChI=1S/C28H38ClFN4O/c1-20(32-14-5-12-31-13-15-32)21-6-8-22(9-7-21)26-19-33(25-11-10-23(29)18-24(25)30)16-17-34(26)27(35)28(2,3)4/h6-11,18,20,26,31H,5,12-17,19H2,1-4H3. The van der Waals surface area contributed by atoms with Crippen LogP contribution in [0.5, 0.6) is 0 Å². The van der Waals surface area contributed by atoms with E-state index in [9.17, 15) is 9.18 Å². The summed E-state index contributed by atoms with van der Waals surface area (Å²) in [5.41, 5.74) is 2.40. The number of piperazine rings is 1. The highest BCUT2D eigenvalue weighted by atomic mass is 35.5. The third-order valence-electron chi connectivity index (χ3n) is 7.26. The molecule has 2 aromatic carbocycles. The number of nitrogens with one attached hydrogen (secondary N) is 1. The second-order valence-corrected chi connectivity index (χ2v) is 11.2. The van der Waals surface area contributed by atoms with Gasteiger partial charge in [0.05, 0.1) is 11.7 Å². The molecule has 0 aliphatic carbocycles. The molecule has 7 heteroatoms. The molecule has 2 aliphatic rings. The van der Waals surface area contributed by atoms with E-state index in [2.05, 4.69) is 41.4 Å². The van der Waals surface area contributed by atoms with Crippen molar-refractivity contribution in [3.63, 3.8) is 0 Å². The Kier molecular flexibility index (Phi) is 8.04. The molecule has 2 atom stereocenters. The number of hydrogen-bond donors (Lipinski definition) is 1. The Labute approximate surface area is 214 Å². The molecule has 2 fully saturated rings. The fourth-order valence-corrected chi connectivity index (χ4v) is 5.32. The van der Waals surface area contributed by atoms with Crippen molar-refractivity contribution >= 4 is 23.2 Å². The number of benzene rings is 2. The van der Waals surface area contributed by atoms with Gasteiger partial charge in [-0.3, -0.25) is 9.69 Å². The molecule has 2 unspecified atom stereocenters. The molecule has 0 bridgehead atoms. The minimum absolute atomic E-state index is 0.119. The zero-order valence-electron chi connectivity index (χ0n) is 21.4. The molecule has 1 N–H and O–H groups in total. The van der Waals surface area contributed by atoms with Gasteiger partial charge in [0.1, 0.15) is 5.82 Å². The molecule has 0 spiro atoms. The fourth-order valence-electron chi connectivity index (χ4n) is 5.16. The van der Waals surface area contributed by atoms with Crippen LogP contribution in [0.2, 0.25) is 5.02 Å². The molecule has 2 saturated heterocycles. The quantitative estimate of drug-likeness (QED) is 0.620. The summed E-state index contributed by atoms with van der Waals surface area (Å²) in [6.45, 7) is 14.0. The van der Waals surface area contributed by atoms with Gasteiger partial charge in [-0.25, -0.2) is 4.39 Å². The van der Waals surface area contributed by atoms with Crippen LogP contribution >= 0.6 is 11.6 Å². The van der Waals surface area contributed by atoms with Gasteiger partial charge >= 0.3 is 0 Å². The second kappa shape index (κ2) is 10.9. The van der Waals surface area contributed by atoms with E-state index in [4.69, 9.17) is 11.6 Å². The van der Waals surface area contributed by atoms with E-state index in [0.717, 1.165) is 38.2 Å². The van der Waals surface area contributed by atoms with Crippen molar-refractivity contribution in [3.8, 4) is 0 Å². The van der Waals surface area contributed by atoms with Crippen LogP contribution in [0, 0.1) is 11.2 Å². The van der Waals surface area contributed by atoms with E-state index in [0.29, 0.717) is 36.4 Å². The van der Waals surface area contributed by atoms with Gasteiger partial charge in [-0.15, -0.1) is 0 Å². The molecular formula is C28H38ClFN4O. The number of carbonyl (C=O) groups is 1. The lowest BCUT2D eigenvalue weighted by Crippen LogP contribution is -2.53. The van der Waals surface area contributed by atoms with Crippen LogP contribution in [0.4, 0.5) is 10.1 Å². The van der Waals surface area contributed by atoms with Crippen LogP contribution in [-0.4, -0.2) is 61.5 Å². The lowest BCUT2D eigenvalue weighted by Gasteiger charge is -2.45. The summed E-state index contributed by atoms with van der Waals surface area (Å²) in [6, 6.07) is 13.7. The Morgan fingerprint density at radius 2 is 1.80 bits per heavy atom. The molecular weight excluding hydrogens is 463 g/mol. The van der Waals surface area contributed by atoms with Gasteiger partial charge in [0.25, 0.3) is 0 Å². The molecule has 1 amide bonds. The van der Waals surface area contributed by atoms with Gasteiger partial charge < -0.3 is 15.1 Å². The van der Waals surface area contributed by atoms with Crippen LogP contribution in [-0.2, 0) is 4.79 Å². The fraction of sp³-hybridized carbons (Fsp3) is 0.536. The first kappa shape index (κ1) is 25.9. The van der Waals surface area contributed by atoms with E-state index in [1.807, 2.05) is 30.6 Å². The van der Waals surface area contributed by atoms with Crippen LogP contribution < -0.4 is 10.2 Å². The summed E-state index contributed by atoms with van der Waals surface area (Å²) < 4.78 is 14.7. The van der Waals surface area contributed by atoms with Gasteiger partial charge in [0, 0.05) is 49.2 Å². The molecule has 2 aromatic rings. The van der Waals surface area contributed by atoms with Crippen molar-refractivity contribution in [2.24, 2.45) is 5.41 Å². The van der Waals surface area contributed by atoms with Gasteiger partial charge in [-0.2, -0.15) is 0 Å². The highest BCUT2D eigenvalue weighted by Gasteiger charge is 2.37. The van der Waals surface area contributed by atoms with Crippen molar-refractivity contribution in [2.75, 3.05) is 50.7 Å². The minimum atomic E-state index is -0.485. The first-order valence-corrected chi connectivity index (χ1v) is 13.1. The Hall–Kier alpha value is -2.15. The Morgan fingerprint density at radius 3 is 2.49 bits per heavy atom. The SMILES string of the molecule is CC(c1ccc(C2CN(c3ccc(Cl)cc3F)CCN2C(=O)C(C)(C)C)cc1)N1CCCNCC1. The van der Waals surface area contributed by atoms with Crippen LogP contribution in [0.1, 0.15) is 57.3 Å². The Balaban J connectivity index is 1.59. The molecule has 0 saturated carbocycles. The average Bonchev–Trinajstić information content (AvgIpc) is 3.12. The van der Waals surface area contributed by atoms with Gasteiger partial charge in [-0.1, -0.05) is 56.6 Å². The van der Waals surface area contributed by atoms with Gasteiger partial charge in [0.15, 0.2) is 0 Å². The molecule has 35 heavy (non-hydrogen) atoms. The van der Waals surface area contributed by atoms with Crippen molar-refractivity contribution in [3.05, 3.63) is 64.4 Å². The van der Waals surface area contributed by atoms with E-state index in [1.54, 1.807) is 12.1 Å². The number of anilines is 1. The molecule has 4 rings (SSSR count). The maximum absolute atomic E-state index is 14.7. The minimum Gasteiger partial charge on any atom is -0.365 e. The van der Waals surface area contributed by atoms with Crippen LogP contribution in [0.25, 0.3) is 0 Å². The topological polar surface area (TPSA) is 38.8 Å². The maximum Gasteiger partial charge on any atom is 0.228 e. The van der Waals surface area contributed by atoms with Gasteiger partial charge in [0.2, 0.25) is 5.91 Å². The van der Waals surface area contributed by atoms with E-state index in [-0.39, 0.29) is 17.8 Å². The van der Waals surface area contributed by atoms with E-state index in [1.165, 1.54) is 11.6 Å². The highest BCUT2D eigenvalue weighted by Crippen LogP contribution is 2.34. The zero-order chi connectivity index (χ0) is 25.2. The molecule has 0 aromatic heterocycles. The molecule has 2 aliphatic heterocycles. The maximum atomic E-state index is 14.7. The molecule has 2 heterocycles. The smallest absolute Gasteiger partial charge is 0.228 e. The van der Waals surface area contributed by atoms with Crippen LogP contribution in [0.3, 0.4) is 0 Å². The summed E-state index contributed by atoms with van der Waals surface area (Å²) in [5, 5.41) is 3.85.